The van der Waals surface area contributed by atoms with E-state index in [1.165, 1.54) is 0 Å². The molecule has 0 fully saturated rings. The summed E-state index contributed by atoms with van der Waals surface area (Å²) in [5.74, 6) is 0. The normalized spacial score (nSPS) is 13.1. The fourth-order valence-corrected chi connectivity index (χ4v) is 2.32. The van der Waals surface area contributed by atoms with Gasteiger partial charge in [0.2, 0.25) is 0 Å². The molecule has 0 aliphatic heterocycles. The first kappa shape index (κ1) is 17.0. The van der Waals surface area contributed by atoms with Crippen molar-refractivity contribution < 1.29 is 14.6 Å². The Balaban J connectivity index is 1.81. The molecular formula is C19H23NO3. The van der Waals surface area contributed by atoms with Gasteiger partial charge in [0.05, 0.1) is 6.61 Å². The third-order valence-electron chi connectivity index (χ3n) is 3.73. The third kappa shape index (κ3) is 5.75. The Morgan fingerprint density at radius 1 is 1.04 bits per heavy atom. The summed E-state index contributed by atoms with van der Waals surface area (Å²) in [4.78, 5) is 11.8. The topological polar surface area (TPSA) is 58.6 Å². The highest BCUT2D eigenvalue weighted by molar-refractivity contribution is 5.67. The third-order valence-corrected chi connectivity index (χ3v) is 3.73. The van der Waals surface area contributed by atoms with E-state index in [9.17, 15) is 9.90 Å². The van der Waals surface area contributed by atoms with Gasteiger partial charge in [-0.1, -0.05) is 67.6 Å². The van der Waals surface area contributed by atoms with Crippen LogP contribution in [0.3, 0.4) is 0 Å². The molecular weight excluding hydrogens is 290 g/mol. The molecule has 0 spiro atoms. The van der Waals surface area contributed by atoms with E-state index < -0.39 is 11.5 Å². The molecule has 0 radical (unpaired) electrons. The van der Waals surface area contributed by atoms with Crippen LogP contribution in [0, 0.1) is 5.41 Å². The smallest absolute Gasteiger partial charge is 0.407 e. The number of carbonyl (C=O) groups excluding carboxylic acids is 1. The van der Waals surface area contributed by atoms with Crippen molar-refractivity contribution in [1.82, 2.24) is 5.32 Å². The van der Waals surface area contributed by atoms with Gasteiger partial charge in [-0.2, -0.15) is 0 Å². The lowest BCUT2D eigenvalue weighted by atomic mass is 9.84. The molecule has 0 bridgehead atoms. The van der Waals surface area contributed by atoms with Crippen LogP contribution in [0.2, 0.25) is 0 Å². The van der Waals surface area contributed by atoms with Crippen molar-refractivity contribution in [3.8, 4) is 0 Å². The summed E-state index contributed by atoms with van der Waals surface area (Å²) >= 11 is 0. The number of ether oxygens (including phenoxy) is 1. The molecule has 23 heavy (non-hydrogen) atoms. The zero-order chi connectivity index (χ0) is 16.5. The van der Waals surface area contributed by atoms with Crippen LogP contribution in [0.5, 0.6) is 0 Å². The van der Waals surface area contributed by atoms with Crippen molar-refractivity contribution in [2.24, 2.45) is 5.41 Å². The number of aliphatic hydroxyl groups is 1. The summed E-state index contributed by atoms with van der Waals surface area (Å²) in [5, 5.41) is 12.4. The molecule has 2 aromatic carbocycles. The lowest BCUT2D eigenvalue weighted by Crippen LogP contribution is -2.39. The Labute approximate surface area is 137 Å². The van der Waals surface area contributed by atoms with Crippen LogP contribution in [0.25, 0.3) is 0 Å². The van der Waals surface area contributed by atoms with E-state index >= 15 is 0 Å². The Morgan fingerprint density at radius 2 is 1.61 bits per heavy atom. The summed E-state index contributed by atoms with van der Waals surface area (Å²) in [5.41, 5.74) is 1.65. The van der Waals surface area contributed by atoms with Gasteiger partial charge in [0.15, 0.2) is 0 Å². The molecule has 4 heteroatoms. The van der Waals surface area contributed by atoms with Crippen LogP contribution >= 0.6 is 0 Å². The molecule has 0 saturated heterocycles. The van der Waals surface area contributed by atoms with E-state index in [0.29, 0.717) is 13.0 Å². The van der Waals surface area contributed by atoms with E-state index in [4.69, 9.17) is 4.74 Å². The molecule has 0 aromatic heterocycles. The maximum atomic E-state index is 11.8. The number of hydrogen-bond donors (Lipinski definition) is 2. The Hall–Kier alpha value is -2.33. The van der Waals surface area contributed by atoms with Gasteiger partial charge in [-0.15, -0.1) is 0 Å². The first-order valence-electron chi connectivity index (χ1n) is 7.71. The van der Waals surface area contributed by atoms with Crippen LogP contribution < -0.4 is 5.32 Å². The van der Waals surface area contributed by atoms with Gasteiger partial charge in [0, 0.05) is 12.0 Å². The molecule has 2 aromatic rings. The lowest BCUT2D eigenvalue weighted by molar-refractivity contribution is 0.115. The fraction of sp³-hybridized carbons (Fsp3) is 0.316. The summed E-state index contributed by atoms with van der Waals surface area (Å²) in [6.45, 7) is 2.52. The molecule has 1 amide bonds. The van der Waals surface area contributed by atoms with Gasteiger partial charge >= 0.3 is 6.09 Å². The van der Waals surface area contributed by atoms with Crippen molar-refractivity contribution in [1.29, 1.82) is 0 Å². The lowest BCUT2D eigenvalue weighted by Gasteiger charge is -2.27. The van der Waals surface area contributed by atoms with Crippen LogP contribution in [-0.2, 0) is 17.8 Å². The van der Waals surface area contributed by atoms with E-state index in [1.807, 2.05) is 67.6 Å². The second-order valence-electron chi connectivity index (χ2n) is 6.05. The predicted octanol–water partition coefficient (Wildman–Crippen LogP) is 3.15. The van der Waals surface area contributed by atoms with Crippen LogP contribution in [0.1, 0.15) is 18.1 Å². The molecule has 1 unspecified atom stereocenters. The number of amides is 1. The van der Waals surface area contributed by atoms with Crippen molar-refractivity contribution in [2.75, 3.05) is 13.2 Å². The number of aliphatic hydroxyl groups excluding tert-OH is 1. The number of hydrogen-bond acceptors (Lipinski definition) is 3. The van der Waals surface area contributed by atoms with E-state index in [-0.39, 0.29) is 13.2 Å². The van der Waals surface area contributed by atoms with E-state index in [1.54, 1.807) is 0 Å². The van der Waals surface area contributed by atoms with Gasteiger partial charge in [-0.05, 0) is 17.5 Å². The number of carbonyl (C=O) groups is 1. The van der Waals surface area contributed by atoms with Crippen molar-refractivity contribution >= 4 is 6.09 Å². The zero-order valence-electron chi connectivity index (χ0n) is 13.4. The first-order chi connectivity index (χ1) is 11.1. The molecule has 0 aliphatic carbocycles. The molecule has 2 rings (SSSR count). The average Bonchev–Trinajstić information content (AvgIpc) is 2.60. The minimum Gasteiger partial charge on any atom is -0.445 e. The summed E-state index contributed by atoms with van der Waals surface area (Å²) < 4.78 is 5.19. The second kappa shape index (κ2) is 8.34. The minimum atomic E-state index is -0.471. The Kier molecular flexibility index (Phi) is 6.18. The largest absolute Gasteiger partial charge is 0.445 e. The van der Waals surface area contributed by atoms with Gasteiger partial charge in [-0.3, -0.25) is 0 Å². The monoisotopic (exact) mass is 313 g/mol. The van der Waals surface area contributed by atoms with E-state index in [2.05, 4.69) is 5.32 Å². The van der Waals surface area contributed by atoms with Crippen LogP contribution in [0.4, 0.5) is 4.79 Å². The maximum Gasteiger partial charge on any atom is 0.407 e. The number of rotatable bonds is 7. The Bertz CT molecular complexity index is 601. The average molecular weight is 313 g/mol. The molecule has 2 N–H and O–H groups in total. The number of alkyl carbamates (subject to hydrolysis) is 1. The minimum absolute atomic E-state index is 0.0130. The van der Waals surface area contributed by atoms with E-state index in [0.717, 1.165) is 11.1 Å². The zero-order valence-corrected chi connectivity index (χ0v) is 13.4. The predicted molar refractivity (Wildman–Crippen MR) is 90.0 cm³/mol. The van der Waals surface area contributed by atoms with Gasteiger partial charge in [0.25, 0.3) is 0 Å². The summed E-state index contributed by atoms with van der Waals surface area (Å²) in [6.07, 6.45) is 0.213. The standard InChI is InChI=1S/C19H23NO3/c1-19(15-21,12-16-8-4-2-5-9-16)14-20-18(22)23-13-17-10-6-3-7-11-17/h2-11,21H,12-15H2,1H3,(H,20,22). The van der Waals surface area contributed by atoms with Crippen molar-refractivity contribution in [3.63, 3.8) is 0 Å². The molecule has 4 nitrogen and oxygen atoms in total. The maximum absolute atomic E-state index is 11.8. The molecule has 1 atom stereocenters. The van der Waals surface area contributed by atoms with Gasteiger partial charge < -0.3 is 15.2 Å². The van der Waals surface area contributed by atoms with Crippen molar-refractivity contribution in [3.05, 3.63) is 71.8 Å². The SMILES string of the molecule is CC(CO)(CNC(=O)OCc1ccccc1)Cc1ccccc1. The molecule has 0 heterocycles. The van der Waals surface area contributed by atoms with Crippen LogP contribution in [0.15, 0.2) is 60.7 Å². The molecule has 0 aliphatic rings. The Morgan fingerprint density at radius 3 is 2.17 bits per heavy atom. The summed E-state index contributed by atoms with van der Waals surface area (Å²) in [7, 11) is 0. The second-order valence-corrected chi connectivity index (χ2v) is 6.05. The number of benzene rings is 2. The highest BCUT2D eigenvalue weighted by Gasteiger charge is 2.25. The van der Waals surface area contributed by atoms with Crippen LogP contribution in [-0.4, -0.2) is 24.4 Å². The summed E-state index contributed by atoms with van der Waals surface area (Å²) in [6, 6.07) is 19.4. The quantitative estimate of drug-likeness (QED) is 0.825. The highest BCUT2D eigenvalue weighted by Crippen LogP contribution is 2.21. The molecule has 122 valence electrons. The molecule has 0 saturated carbocycles. The first-order valence-corrected chi connectivity index (χ1v) is 7.71. The highest BCUT2D eigenvalue weighted by atomic mass is 16.5. The fourth-order valence-electron chi connectivity index (χ4n) is 2.32. The number of nitrogens with one attached hydrogen (secondary N) is 1. The van der Waals surface area contributed by atoms with Gasteiger partial charge in [0.1, 0.15) is 6.61 Å². The van der Waals surface area contributed by atoms with Crippen molar-refractivity contribution in [2.45, 2.75) is 20.0 Å². The van der Waals surface area contributed by atoms with Gasteiger partial charge in [-0.25, -0.2) is 4.79 Å².